The number of aromatic nitrogens is 5. The summed E-state index contributed by atoms with van der Waals surface area (Å²) in [6.45, 7) is 2.07. The number of sulfonamides is 1. The number of nitrogens with one attached hydrogen (secondary N) is 4. The smallest absolute Gasteiger partial charge is 0.317 e. The molecule has 0 aromatic carbocycles. The molecule has 1 fully saturated rings. The first-order valence-corrected chi connectivity index (χ1v) is 24.3. The van der Waals surface area contributed by atoms with Gasteiger partial charge in [0.15, 0.2) is 0 Å². The summed E-state index contributed by atoms with van der Waals surface area (Å²) < 4.78 is 23.8. The Morgan fingerprint density at radius 3 is 1.68 bits per heavy atom. The van der Waals surface area contributed by atoms with Crippen molar-refractivity contribution in [2.45, 2.75) is 81.1 Å². The van der Waals surface area contributed by atoms with Crippen LogP contribution >= 0.6 is 11.3 Å². The van der Waals surface area contributed by atoms with E-state index in [9.17, 15) is 67.2 Å². The summed E-state index contributed by atoms with van der Waals surface area (Å²) in [6, 6.07) is -1.09. The zero-order chi connectivity index (χ0) is 50.1. The van der Waals surface area contributed by atoms with E-state index in [0.717, 1.165) is 0 Å². The fraction of sp³-hybridized carbons (Fsp3) is 0.684. The molecule has 1 aliphatic rings. The molecule has 0 aliphatic carbocycles. The monoisotopic (exact) mass is 1000 g/mol. The fourth-order valence-corrected chi connectivity index (χ4v) is 8.12. The highest BCUT2D eigenvalue weighted by molar-refractivity contribution is 7.91. The highest BCUT2D eigenvalue weighted by Gasteiger charge is 2.23. The predicted molar refractivity (Wildman–Crippen MR) is 239 cm³/mol. The molecule has 28 nitrogen and oxygen atoms in total. The highest BCUT2D eigenvalue weighted by Crippen LogP contribution is 2.19. The maximum Gasteiger partial charge on any atom is 0.317 e. The Hall–Kier alpha value is -5.79. The second-order valence-corrected chi connectivity index (χ2v) is 18.6. The number of aryl methyl sites for hydroxylation is 2. The normalized spacial score (nSPS) is 15.3. The molecular weight excluding hydrogens is 941 g/mol. The quantitative estimate of drug-likeness (QED) is 0.0285. The number of carboxylic acid groups (broad SMARTS) is 4. The number of amides is 4. The summed E-state index contributed by atoms with van der Waals surface area (Å²) in [5, 5.41) is 68.2. The lowest BCUT2D eigenvalue weighted by Gasteiger charge is -2.32. The van der Waals surface area contributed by atoms with Crippen molar-refractivity contribution in [3.63, 3.8) is 0 Å². The summed E-state index contributed by atoms with van der Waals surface area (Å²) in [4.78, 5) is 103. The van der Waals surface area contributed by atoms with E-state index in [1.807, 2.05) is 0 Å². The number of aliphatic carboxylic acids is 4. The van der Waals surface area contributed by atoms with E-state index in [2.05, 4.69) is 41.8 Å². The summed E-state index contributed by atoms with van der Waals surface area (Å²) in [5.74, 6) is -6.01. The van der Waals surface area contributed by atoms with Gasteiger partial charge in [0.25, 0.3) is 10.0 Å². The van der Waals surface area contributed by atoms with Crippen molar-refractivity contribution in [1.29, 1.82) is 0 Å². The lowest BCUT2D eigenvalue weighted by atomic mass is 10.1. The molecule has 2 aromatic rings. The third-order valence-electron chi connectivity index (χ3n) is 10.3. The van der Waals surface area contributed by atoms with Crippen LogP contribution in [0.1, 0.15) is 63.5 Å². The van der Waals surface area contributed by atoms with Gasteiger partial charge in [-0.3, -0.25) is 62.6 Å². The van der Waals surface area contributed by atoms with Crippen LogP contribution in [0.5, 0.6) is 0 Å². The number of hydrogen-bond donors (Lipinski definition) is 9. The first kappa shape index (κ1) is 56.5. The zero-order valence-corrected chi connectivity index (χ0v) is 39.3. The topological polar surface area (TPSA) is 395 Å². The fourth-order valence-electron chi connectivity index (χ4n) is 6.77. The molecule has 1 saturated heterocycles. The average Bonchev–Trinajstić information content (AvgIpc) is 3.92. The van der Waals surface area contributed by atoms with Gasteiger partial charge in [0.1, 0.15) is 6.04 Å². The van der Waals surface area contributed by atoms with Gasteiger partial charge < -0.3 is 41.7 Å². The molecule has 0 saturated carbocycles. The summed E-state index contributed by atoms with van der Waals surface area (Å²) in [5.41, 5.74) is 0.634. The van der Waals surface area contributed by atoms with E-state index < -0.39 is 62.0 Å². The molecule has 4 amide bonds. The van der Waals surface area contributed by atoms with Crippen molar-refractivity contribution >= 4 is 74.0 Å². The molecule has 3 heterocycles. The van der Waals surface area contributed by atoms with Crippen LogP contribution in [-0.2, 0) is 61.3 Å². The Kier molecular flexibility index (Phi) is 24.8. The Balaban J connectivity index is 1.36. The van der Waals surface area contributed by atoms with Crippen LogP contribution in [-0.4, -0.2) is 219 Å². The highest BCUT2D eigenvalue weighted by atomic mass is 32.2. The zero-order valence-electron chi connectivity index (χ0n) is 37.6. The third kappa shape index (κ3) is 24.3. The Labute approximate surface area is 396 Å². The van der Waals surface area contributed by atoms with E-state index in [0.29, 0.717) is 62.1 Å². The SMILES string of the molecule is NS(=O)(=O)c1nnc(NC(=O)CCCc2cn(CCCCC(=O)N[C@@H](CCC(=O)O)C(=O)NCCCCNC(=O)CN3CCN(CC(=O)O)CCN(CC(=O)O)CCN(CC(=O)O)CC3)nn2)s1. The van der Waals surface area contributed by atoms with Gasteiger partial charge in [0.2, 0.25) is 33.1 Å². The van der Waals surface area contributed by atoms with Crippen LogP contribution in [0.3, 0.4) is 0 Å². The summed E-state index contributed by atoms with van der Waals surface area (Å²) in [7, 11) is -4.02. The molecule has 0 spiro atoms. The van der Waals surface area contributed by atoms with Crippen LogP contribution in [0, 0.1) is 0 Å². The van der Waals surface area contributed by atoms with E-state index in [1.54, 1.807) is 30.5 Å². The second-order valence-electron chi connectivity index (χ2n) is 15.9. The van der Waals surface area contributed by atoms with Gasteiger partial charge in [0, 0.05) is 97.5 Å². The molecule has 1 aliphatic heterocycles. The van der Waals surface area contributed by atoms with E-state index in [1.165, 1.54) is 0 Å². The number of rotatable bonds is 29. The number of carbonyl (C=O) groups excluding carboxylic acids is 4. The van der Waals surface area contributed by atoms with Crippen molar-refractivity contribution in [1.82, 2.24) is 60.7 Å². The maximum atomic E-state index is 13.0. The van der Waals surface area contributed by atoms with Crippen molar-refractivity contribution in [2.75, 3.05) is 96.9 Å². The van der Waals surface area contributed by atoms with Crippen molar-refractivity contribution in [3.05, 3.63) is 11.9 Å². The standard InChI is InChI=1S/C38H62N14O14S2/c39-68(65,66)38-46-45-37(67-38)43-30(54)8-5-6-27-22-52(47-44-27)13-4-1-7-29(53)42-28(9-10-32(56)57)36(64)41-12-3-2-11-40-31(55)23-48-14-16-49(24-33(58)59)18-20-51(26-35(62)63)21-19-50(17-15-48)25-34(60)61/h22,28H,1-21,23-26H2,(H,40,55)(H,41,64)(H,42,53)(H,56,57)(H,58,59)(H,60,61)(H,62,63)(H2,39,65,66)(H,43,45,54)/t28-/m0/s1. The van der Waals surface area contributed by atoms with Gasteiger partial charge in [-0.05, 0) is 44.9 Å². The molecule has 10 N–H and O–H groups in total. The molecule has 0 unspecified atom stereocenters. The number of hydrogen-bond acceptors (Lipinski definition) is 19. The van der Waals surface area contributed by atoms with E-state index in [4.69, 9.17) is 5.14 Å². The molecule has 0 radical (unpaired) electrons. The second kappa shape index (κ2) is 29.9. The predicted octanol–water partition coefficient (Wildman–Crippen LogP) is -3.25. The van der Waals surface area contributed by atoms with E-state index in [-0.39, 0.29) is 128 Å². The van der Waals surface area contributed by atoms with Crippen LogP contribution in [0.4, 0.5) is 5.13 Å². The maximum absolute atomic E-state index is 13.0. The molecule has 0 bridgehead atoms. The number of unbranched alkanes of at least 4 members (excludes halogenated alkanes) is 2. The van der Waals surface area contributed by atoms with Crippen LogP contribution in [0.25, 0.3) is 0 Å². The van der Waals surface area contributed by atoms with Crippen molar-refractivity contribution in [2.24, 2.45) is 5.14 Å². The van der Waals surface area contributed by atoms with Gasteiger partial charge in [-0.2, -0.15) is 0 Å². The number of primary sulfonamides is 1. The Bertz CT molecular complexity index is 2070. The average molecular weight is 1000 g/mol. The molecule has 68 heavy (non-hydrogen) atoms. The summed E-state index contributed by atoms with van der Waals surface area (Å²) in [6.07, 6.45) is 4.12. The largest absolute Gasteiger partial charge is 0.481 e. The number of nitrogens with two attached hydrogens (primary N) is 1. The van der Waals surface area contributed by atoms with Gasteiger partial charge in [0.05, 0.1) is 31.9 Å². The van der Waals surface area contributed by atoms with Gasteiger partial charge in [-0.1, -0.05) is 16.6 Å². The van der Waals surface area contributed by atoms with Gasteiger partial charge >= 0.3 is 23.9 Å². The number of carbonyl (C=O) groups is 8. The molecule has 30 heteroatoms. The van der Waals surface area contributed by atoms with Crippen molar-refractivity contribution in [3.8, 4) is 0 Å². The first-order chi connectivity index (χ1) is 32.2. The van der Waals surface area contributed by atoms with E-state index >= 15 is 0 Å². The molecular formula is C38H62N14O14S2. The minimum Gasteiger partial charge on any atom is -0.481 e. The number of nitrogens with zero attached hydrogens (tertiary/aromatic N) is 9. The number of anilines is 1. The van der Waals surface area contributed by atoms with Crippen molar-refractivity contribution < 1.29 is 67.2 Å². The molecule has 2 aromatic heterocycles. The summed E-state index contributed by atoms with van der Waals surface area (Å²) >= 11 is 0.638. The Morgan fingerprint density at radius 2 is 1.16 bits per heavy atom. The Morgan fingerprint density at radius 1 is 0.632 bits per heavy atom. The molecule has 3 rings (SSSR count). The molecule has 380 valence electrons. The van der Waals surface area contributed by atoms with Crippen LogP contribution < -0.4 is 26.4 Å². The van der Waals surface area contributed by atoms with Crippen LogP contribution in [0.2, 0.25) is 0 Å². The number of carboxylic acids is 4. The van der Waals surface area contributed by atoms with Gasteiger partial charge in [-0.25, -0.2) is 13.6 Å². The minimum absolute atomic E-state index is 0.00629. The minimum atomic E-state index is -4.02. The van der Waals surface area contributed by atoms with Crippen LogP contribution in [0.15, 0.2) is 10.5 Å². The molecule has 1 atom stereocenters. The van der Waals surface area contributed by atoms with Gasteiger partial charge in [-0.15, -0.1) is 15.3 Å². The first-order valence-electron chi connectivity index (χ1n) is 21.9. The lowest BCUT2D eigenvalue weighted by molar-refractivity contribution is -0.140. The lowest BCUT2D eigenvalue weighted by Crippen LogP contribution is -2.49. The third-order valence-corrected chi connectivity index (χ3v) is 12.4.